The second-order valence-electron chi connectivity index (χ2n) is 8.18. The summed E-state index contributed by atoms with van der Waals surface area (Å²) in [7, 11) is 4.12. The number of hydrogen-bond donors (Lipinski definition) is 1. The maximum atomic E-state index is 4.99. The lowest BCUT2D eigenvalue weighted by Gasteiger charge is -2.42. The molecular weight excluding hydrogens is 362 g/mol. The van der Waals surface area contributed by atoms with Crippen LogP contribution >= 0.6 is 0 Å². The molecule has 0 radical (unpaired) electrons. The third-order valence-electron chi connectivity index (χ3n) is 5.78. The van der Waals surface area contributed by atoms with Crippen LogP contribution in [0, 0.1) is 0 Å². The van der Waals surface area contributed by atoms with Crippen LogP contribution in [0.25, 0.3) is 11.0 Å². The van der Waals surface area contributed by atoms with E-state index in [9.17, 15) is 0 Å². The van der Waals surface area contributed by atoms with E-state index in [2.05, 4.69) is 95.0 Å². The first kappa shape index (κ1) is 18.0. The summed E-state index contributed by atoms with van der Waals surface area (Å²) in [4.78, 5) is 16.5. The summed E-state index contributed by atoms with van der Waals surface area (Å²) in [5, 5.41) is 3.67. The zero-order chi connectivity index (χ0) is 20.1. The van der Waals surface area contributed by atoms with Crippen molar-refractivity contribution in [3.05, 3.63) is 54.1 Å². The minimum Gasteiger partial charge on any atom is -0.378 e. The summed E-state index contributed by atoms with van der Waals surface area (Å²) in [6.45, 7) is 5.88. The Hall–Kier alpha value is -3.06. The molecule has 0 saturated carbocycles. The van der Waals surface area contributed by atoms with Crippen molar-refractivity contribution in [3.63, 3.8) is 0 Å². The smallest absolute Gasteiger partial charge is 0.216 e. The third kappa shape index (κ3) is 2.93. The van der Waals surface area contributed by atoms with Gasteiger partial charge in [0, 0.05) is 25.8 Å². The van der Waals surface area contributed by atoms with Crippen molar-refractivity contribution in [2.45, 2.75) is 26.1 Å². The molecule has 29 heavy (non-hydrogen) atoms. The minimum atomic E-state index is -0.0470. The highest BCUT2D eigenvalue weighted by Gasteiger charge is 2.36. The Kier molecular flexibility index (Phi) is 4.20. The molecule has 1 atom stereocenters. The van der Waals surface area contributed by atoms with Crippen LogP contribution in [-0.4, -0.2) is 53.9 Å². The van der Waals surface area contributed by atoms with E-state index in [1.807, 2.05) is 6.07 Å². The molecule has 0 saturated heterocycles. The Balaban J connectivity index is 1.64. The van der Waals surface area contributed by atoms with Crippen molar-refractivity contribution in [1.29, 1.82) is 0 Å². The summed E-state index contributed by atoms with van der Waals surface area (Å²) in [6.07, 6.45) is -0.0470. The van der Waals surface area contributed by atoms with Gasteiger partial charge in [-0.15, -0.1) is 0 Å². The first-order valence-electron chi connectivity index (χ1n) is 10.1. The largest absolute Gasteiger partial charge is 0.378 e. The second kappa shape index (κ2) is 6.77. The molecule has 2 aliphatic rings. The average molecular weight is 390 g/mol. The molecule has 7 nitrogen and oxygen atoms in total. The molecule has 0 amide bonds. The molecule has 1 N–H and O–H groups in total. The SMILES string of the molecule is CC(C)N1CN=C2N[C@@H](c3ccc(N(C)C)cc3)n3c(nc4ccccc43)N2C1. The van der Waals surface area contributed by atoms with Crippen LogP contribution in [0.3, 0.4) is 0 Å². The number of anilines is 2. The summed E-state index contributed by atoms with van der Waals surface area (Å²) in [5.41, 5.74) is 4.50. The zero-order valence-electron chi connectivity index (χ0n) is 17.4. The number of nitrogens with zero attached hydrogens (tertiary/aromatic N) is 6. The monoisotopic (exact) mass is 389 g/mol. The molecule has 150 valence electrons. The molecular formula is C22H27N7. The van der Waals surface area contributed by atoms with Gasteiger partial charge in [0.1, 0.15) is 6.17 Å². The van der Waals surface area contributed by atoms with Gasteiger partial charge in [0.2, 0.25) is 11.9 Å². The summed E-state index contributed by atoms with van der Waals surface area (Å²) >= 11 is 0. The Bertz CT molecular complexity index is 1060. The molecule has 0 spiro atoms. The Morgan fingerprint density at radius 2 is 1.83 bits per heavy atom. The van der Waals surface area contributed by atoms with Gasteiger partial charge < -0.3 is 10.2 Å². The maximum Gasteiger partial charge on any atom is 0.216 e. The van der Waals surface area contributed by atoms with Gasteiger partial charge in [-0.3, -0.25) is 14.4 Å². The number of para-hydroxylation sites is 2. The van der Waals surface area contributed by atoms with Gasteiger partial charge in [-0.25, -0.2) is 9.98 Å². The van der Waals surface area contributed by atoms with Crippen molar-refractivity contribution in [2.75, 3.05) is 37.2 Å². The van der Waals surface area contributed by atoms with Crippen molar-refractivity contribution in [1.82, 2.24) is 19.8 Å². The molecule has 0 fully saturated rings. The first-order valence-corrected chi connectivity index (χ1v) is 10.1. The zero-order valence-corrected chi connectivity index (χ0v) is 17.4. The standard InChI is InChI=1S/C22H27N7/c1-15(2)27-13-23-21-25-20(16-9-11-17(12-10-16)26(3)4)29-19-8-6-5-7-18(19)24-22(29)28(21)14-27/h5-12,15,20H,13-14H2,1-4H3,(H,23,25)/t20-/m1/s1. The fraction of sp³-hybridized carbons (Fsp3) is 0.364. The first-order chi connectivity index (χ1) is 14.0. The number of nitrogens with one attached hydrogen (secondary N) is 1. The van der Waals surface area contributed by atoms with Crippen LogP contribution < -0.4 is 15.1 Å². The normalized spacial score (nSPS) is 19.0. The summed E-state index contributed by atoms with van der Waals surface area (Å²) in [6, 6.07) is 17.4. The average Bonchev–Trinajstić information content (AvgIpc) is 3.13. The Labute approximate surface area is 171 Å². The molecule has 2 aliphatic heterocycles. The van der Waals surface area contributed by atoms with E-state index in [-0.39, 0.29) is 6.17 Å². The quantitative estimate of drug-likeness (QED) is 0.746. The van der Waals surface area contributed by atoms with Crippen LogP contribution in [0.1, 0.15) is 25.6 Å². The van der Waals surface area contributed by atoms with E-state index in [4.69, 9.17) is 9.98 Å². The number of fused-ring (bicyclic) bond motifs is 5. The van der Waals surface area contributed by atoms with E-state index < -0.39 is 0 Å². The van der Waals surface area contributed by atoms with Gasteiger partial charge in [0.05, 0.1) is 24.4 Å². The molecule has 3 aromatic rings. The van der Waals surface area contributed by atoms with Gasteiger partial charge in [-0.2, -0.15) is 0 Å². The van der Waals surface area contributed by atoms with Crippen molar-refractivity contribution in [2.24, 2.45) is 4.99 Å². The highest BCUT2D eigenvalue weighted by atomic mass is 15.5. The van der Waals surface area contributed by atoms with E-state index in [0.717, 1.165) is 29.6 Å². The molecule has 3 heterocycles. The number of rotatable bonds is 3. The van der Waals surface area contributed by atoms with Crippen LogP contribution in [-0.2, 0) is 0 Å². The Morgan fingerprint density at radius 1 is 1.07 bits per heavy atom. The van der Waals surface area contributed by atoms with Gasteiger partial charge >= 0.3 is 0 Å². The minimum absolute atomic E-state index is 0.0470. The molecule has 1 aromatic heterocycles. The van der Waals surface area contributed by atoms with Crippen molar-refractivity contribution < 1.29 is 0 Å². The predicted octanol–water partition coefficient (Wildman–Crippen LogP) is 3.05. The molecule has 5 rings (SSSR count). The second-order valence-corrected chi connectivity index (χ2v) is 8.18. The predicted molar refractivity (Wildman–Crippen MR) is 118 cm³/mol. The van der Waals surface area contributed by atoms with E-state index >= 15 is 0 Å². The molecule has 0 bridgehead atoms. The van der Waals surface area contributed by atoms with Gasteiger partial charge in [0.25, 0.3) is 0 Å². The number of benzene rings is 2. The third-order valence-corrected chi connectivity index (χ3v) is 5.78. The van der Waals surface area contributed by atoms with Gasteiger partial charge in [-0.1, -0.05) is 24.3 Å². The summed E-state index contributed by atoms with van der Waals surface area (Å²) < 4.78 is 2.29. The van der Waals surface area contributed by atoms with E-state index in [0.29, 0.717) is 12.7 Å². The lowest BCUT2D eigenvalue weighted by molar-refractivity contribution is 0.221. The van der Waals surface area contributed by atoms with Crippen LogP contribution in [0.15, 0.2) is 53.5 Å². The maximum absolute atomic E-state index is 4.99. The highest BCUT2D eigenvalue weighted by molar-refractivity contribution is 5.98. The lowest BCUT2D eigenvalue weighted by Crippen LogP contribution is -2.58. The highest BCUT2D eigenvalue weighted by Crippen LogP contribution is 2.34. The fourth-order valence-corrected chi connectivity index (χ4v) is 4.00. The Morgan fingerprint density at radius 3 is 2.55 bits per heavy atom. The summed E-state index contributed by atoms with van der Waals surface area (Å²) in [5.74, 6) is 1.84. The van der Waals surface area contributed by atoms with Gasteiger partial charge in [0.15, 0.2) is 0 Å². The number of aliphatic imine (C=N–C) groups is 1. The molecule has 2 aromatic carbocycles. The van der Waals surface area contributed by atoms with Crippen molar-refractivity contribution >= 4 is 28.6 Å². The van der Waals surface area contributed by atoms with Crippen LogP contribution in [0.4, 0.5) is 11.6 Å². The molecule has 7 heteroatoms. The van der Waals surface area contributed by atoms with Crippen LogP contribution in [0.5, 0.6) is 0 Å². The van der Waals surface area contributed by atoms with E-state index in [1.54, 1.807) is 0 Å². The number of imidazole rings is 1. The number of guanidine groups is 1. The molecule has 0 aliphatic carbocycles. The van der Waals surface area contributed by atoms with Gasteiger partial charge in [-0.05, 0) is 43.7 Å². The number of hydrogen-bond acceptors (Lipinski definition) is 6. The number of aromatic nitrogens is 2. The lowest BCUT2D eigenvalue weighted by atomic mass is 10.1. The molecule has 0 unspecified atom stereocenters. The van der Waals surface area contributed by atoms with Crippen molar-refractivity contribution in [3.8, 4) is 0 Å². The van der Waals surface area contributed by atoms with E-state index in [1.165, 1.54) is 11.3 Å². The topological polar surface area (TPSA) is 51.9 Å². The fourth-order valence-electron chi connectivity index (χ4n) is 4.00. The van der Waals surface area contributed by atoms with Crippen LogP contribution in [0.2, 0.25) is 0 Å².